The van der Waals surface area contributed by atoms with Gasteiger partial charge in [0.1, 0.15) is 5.54 Å². The highest BCUT2D eigenvalue weighted by atomic mass is 16.5. The molecule has 0 spiro atoms. The molecule has 1 amide bonds. The Hall–Kier alpha value is -2.50. The van der Waals surface area contributed by atoms with Crippen LogP contribution in [0.25, 0.3) is 0 Å². The minimum atomic E-state index is -1.41. The van der Waals surface area contributed by atoms with Gasteiger partial charge in [-0.25, -0.2) is 4.79 Å². The maximum absolute atomic E-state index is 11.9. The van der Waals surface area contributed by atoms with Crippen LogP contribution in [-0.4, -0.2) is 36.7 Å². The lowest BCUT2D eigenvalue weighted by Crippen LogP contribution is -2.55. The number of carbonyl (C=O) groups is 2. The molecule has 0 aliphatic rings. The first-order valence-corrected chi connectivity index (χ1v) is 7.22. The van der Waals surface area contributed by atoms with Gasteiger partial charge in [-0.3, -0.25) is 4.79 Å². The molecule has 0 fully saturated rings. The van der Waals surface area contributed by atoms with E-state index in [1.165, 1.54) is 21.1 Å². The monoisotopic (exact) mass is 321 g/mol. The fourth-order valence-electron chi connectivity index (χ4n) is 2.20. The van der Waals surface area contributed by atoms with Gasteiger partial charge in [-0.2, -0.15) is 0 Å². The standard InChI is InChI=1S/C17H23NO5/c1-6-17(16(20)21,18-15(19)11(2)3)10-12-7-8-13(22-4)14(9-12)23-5/h7-9H,2,6,10H2,1,3-5H3,(H,18,19)(H,20,21). The number of nitrogens with one attached hydrogen (secondary N) is 1. The summed E-state index contributed by atoms with van der Waals surface area (Å²) in [6.07, 6.45) is 0.355. The summed E-state index contributed by atoms with van der Waals surface area (Å²) in [6.45, 7) is 6.80. The van der Waals surface area contributed by atoms with Crippen LogP contribution >= 0.6 is 0 Å². The Morgan fingerprint density at radius 1 is 1.26 bits per heavy atom. The first-order chi connectivity index (χ1) is 10.8. The summed E-state index contributed by atoms with van der Waals surface area (Å²) in [4.78, 5) is 23.7. The van der Waals surface area contributed by atoms with Crippen LogP contribution in [0.3, 0.4) is 0 Å². The Kier molecular flexibility index (Phi) is 6.18. The Bertz CT molecular complexity index is 611. The molecule has 126 valence electrons. The highest BCUT2D eigenvalue weighted by molar-refractivity contribution is 5.96. The van der Waals surface area contributed by atoms with E-state index in [-0.39, 0.29) is 18.4 Å². The van der Waals surface area contributed by atoms with Gasteiger partial charge in [0.15, 0.2) is 11.5 Å². The largest absolute Gasteiger partial charge is 0.493 e. The second-order valence-corrected chi connectivity index (χ2v) is 5.34. The maximum atomic E-state index is 11.9. The summed E-state index contributed by atoms with van der Waals surface area (Å²) in [5.74, 6) is -0.509. The van der Waals surface area contributed by atoms with E-state index in [1.807, 2.05) is 0 Å². The molecule has 0 bridgehead atoms. The molecule has 23 heavy (non-hydrogen) atoms. The molecule has 6 nitrogen and oxygen atoms in total. The van der Waals surface area contributed by atoms with Crippen LogP contribution in [0.5, 0.6) is 11.5 Å². The van der Waals surface area contributed by atoms with Crippen molar-refractivity contribution < 1.29 is 24.2 Å². The minimum absolute atomic E-state index is 0.123. The van der Waals surface area contributed by atoms with E-state index in [4.69, 9.17) is 9.47 Å². The maximum Gasteiger partial charge on any atom is 0.329 e. The summed E-state index contributed by atoms with van der Waals surface area (Å²) in [6, 6.07) is 5.16. The molecule has 1 atom stereocenters. The van der Waals surface area contributed by atoms with Gasteiger partial charge in [-0.1, -0.05) is 19.6 Å². The van der Waals surface area contributed by atoms with Gasteiger partial charge in [0.05, 0.1) is 14.2 Å². The molecule has 1 aromatic carbocycles. The molecule has 0 aromatic heterocycles. The Balaban J connectivity index is 3.18. The second kappa shape index (κ2) is 7.67. The number of hydrogen-bond acceptors (Lipinski definition) is 4. The summed E-state index contributed by atoms with van der Waals surface area (Å²) in [7, 11) is 3.03. The van der Waals surface area contributed by atoms with Crippen molar-refractivity contribution in [2.75, 3.05) is 14.2 Å². The number of amides is 1. The van der Waals surface area contributed by atoms with Crippen molar-refractivity contribution in [3.05, 3.63) is 35.9 Å². The molecule has 2 N–H and O–H groups in total. The fourth-order valence-corrected chi connectivity index (χ4v) is 2.20. The molecular formula is C17H23NO5. The second-order valence-electron chi connectivity index (χ2n) is 5.34. The minimum Gasteiger partial charge on any atom is -0.493 e. The zero-order valence-electron chi connectivity index (χ0n) is 13.9. The van der Waals surface area contributed by atoms with Crippen molar-refractivity contribution in [2.45, 2.75) is 32.2 Å². The summed E-state index contributed by atoms with van der Waals surface area (Å²) in [5, 5.41) is 12.2. The van der Waals surface area contributed by atoms with Gasteiger partial charge in [0.25, 0.3) is 0 Å². The van der Waals surface area contributed by atoms with Crippen molar-refractivity contribution in [1.82, 2.24) is 5.32 Å². The first-order valence-electron chi connectivity index (χ1n) is 7.22. The number of benzene rings is 1. The molecule has 0 saturated carbocycles. The van der Waals surface area contributed by atoms with Crippen molar-refractivity contribution in [1.29, 1.82) is 0 Å². The molecule has 0 heterocycles. The highest BCUT2D eigenvalue weighted by Gasteiger charge is 2.38. The van der Waals surface area contributed by atoms with Gasteiger partial charge in [-0.05, 0) is 31.0 Å². The lowest BCUT2D eigenvalue weighted by Gasteiger charge is -2.30. The van der Waals surface area contributed by atoms with E-state index in [9.17, 15) is 14.7 Å². The predicted molar refractivity (Wildman–Crippen MR) is 86.9 cm³/mol. The molecule has 0 saturated heterocycles. The van der Waals surface area contributed by atoms with Gasteiger partial charge in [-0.15, -0.1) is 0 Å². The molecule has 1 aromatic rings. The van der Waals surface area contributed by atoms with E-state index in [1.54, 1.807) is 25.1 Å². The average Bonchev–Trinajstić information content (AvgIpc) is 2.53. The van der Waals surface area contributed by atoms with E-state index in [0.29, 0.717) is 17.1 Å². The van der Waals surface area contributed by atoms with Gasteiger partial charge in [0.2, 0.25) is 5.91 Å². The molecule has 0 aliphatic heterocycles. The summed E-state index contributed by atoms with van der Waals surface area (Å²) >= 11 is 0. The van der Waals surface area contributed by atoms with E-state index < -0.39 is 17.4 Å². The molecule has 6 heteroatoms. The number of carboxylic acids is 1. The quantitative estimate of drug-likeness (QED) is 0.717. The van der Waals surface area contributed by atoms with Gasteiger partial charge >= 0.3 is 5.97 Å². The third kappa shape index (κ3) is 4.25. The highest BCUT2D eigenvalue weighted by Crippen LogP contribution is 2.30. The number of ether oxygens (including phenoxy) is 2. The zero-order valence-corrected chi connectivity index (χ0v) is 13.9. The number of carboxylic acid groups (broad SMARTS) is 1. The molecule has 0 radical (unpaired) electrons. The van der Waals surface area contributed by atoms with Crippen LogP contribution < -0.4 is 14.8 Å². The number of methoxy groups -OCH3 is 2. The topological polar surface area (TPSA) is 84.9 Å². The van der Waals surface area contributed by atoms with E-state index in [0.717, 1.165) is 0 Å². The van der Waals surface area contributed by atoms with Crippen LogP contribution in [0.2, 0.25) is 0 Å². The normalized spacial score (nSPS) is 12.9. The van der Waals surface area contributed by atoms with Crippen LogP contribution in [0.15, 0.2) is 30.4 Å². The van der Waals surface area contributed by atoms with E-state index in [2.05, 4.69) is 11.9 Å². The number of carbonyl (C=O) groups excluding carboxylic acids is 1. The van der Waals surface area contributed by atoms with Crippen LogP contribution in [0.4, 0.5) is 0 Å². The average molecular weight is 321 g/mol. The lowest BCUT2D eigenvalue weighted by atomic mass is 9.87. The summed E-state index contributed by atoms with van der Waals surface area (Å²) in [5.41, 5.74) is -0.430. The molecule has 1 unspecified atom stereocenters. The van der Waals surface area contributed by atoms with Crippen molar-refractivity contribution in [3.63, 3.8) is 0 Å². The predicted octanol–water partition coefficient (Wildman–Crippen LogP) is 2.17. The van der Waals surface area contributed by atoms with Gasteiger partial charge in [0, 0.05) is 12.0 Å². The van der Waals surface area contributed by atoms with Crippen molar-refractivity contribution in [3.8, 4) is 11.5 Å². The molecule has 1 rings (SSSR count). The fraction of sp³-hybridized carbons (Fsp3) is 0.412. The molecular weight excluding hydrogens is 298 g/mol. The smallest absolute Gasteiger partial charge is 0.329 e. The number of rotatable bonds is 8. The van der Waals surface area contributed by atoms with Crippen molar-refractivity contribution in [2.24, 2.45) is 0 Å². The number of aliphatic carboxylic acids is 1. The summed E-state index contributed by atoms with van der Waals surface area (Å²) < 4.78 is 10.4. The van der Waals surface area contributed by atoms with Crippen LogP contribution in [0, 0.1) is 0 Å². The third-order valence-corrected chi connectivity index (χ3v) is 3.71. The molecule has 0 aliphatic carbocycles. The lowest BCUT2D eigenvalue weighted by molar-refractivity contribution is -0.147. The van der Waals surface area contributed by atoms with Crippen LogP contribution in [-0.2, 0) is 16.0 Å². The Morgan fingerprint density at radius 3 is 2.30 bits per heavy atom. The Morgan fingerprint density at radius 2 is 1.87 bits per heavy atom. The Labute approximate surface area is 136 Å². The van der Waals surface area contributed by atoms with Crippen LogP contribution in [0.1, 0.15) is 25.8 Å². The van der Waals surface area contributed by atoms with E-state index >= 15 is 0 Å². The third-order valence-electron chi connectivity index (χ3n) is 3.71. The van der Waals surface area contributed by atoms with Gasteiger partial charge < -0.3 is 19.9 Å². The number of hydrogen-bond donors (Lipinski definition) is 2. The zero-order chi connectivity index (χ0) is 17.6. The van der Waals surface area contributed by atoms with Crippen molar-refractivity contribution >= 4 is 11.9 Å². The first kappa shape index (κ1) is 18.5. The SMILES string of the molecule is C=C(C)C(=O)NC(CC)(Cc1ccc(OC)c(OC)c1)C(=O)O.